The molecule has 0 aromatic heterocycles. The Morgan fingerprint density at radius 3 is 2.50 bits per heavy atom. The lowest BCUT2D eigenvalue weighted by molar-refractivity contribution is -0.123. The molecular formula is C11H18O. The lowest BCUT2D eigenvalue weighted by Gasteiger charge is -2.24. The van der Waals surface area contributed by atoms with Crippen LogP contribution in [0.15, 0.2) is 11.1 Å². The molecule has 0 saturated heterocycles. The van der Waals surface area contributed by atoms with E-state index in [1.807, 2.05) is 0 Å². The van der Waals surface area contributed by atoms with E-state index in [9.17, 15) is 4.79 Å². The molecule has 1 rings (SSSR count). The highest BCUT2D eigenvalue weighted by atomic mass is 16.1. The Balaban J connectivity index is 3.03. The van der Waals surface area contributed by atoms with Crippen molar-refractivity contribution in [1.82, 2.24) is 0 Å². The van der Waals surface area contributed by atoms with E-state index in [2.05, 4.69) is 20.8 Å². The summed E-state index contributed by atoms with van der Waals surface area (Å²) in [5.74, 6) is 0.330. The van der Waals surface area contributed by atoms with Crippen LogP contribution in [0.1, 0.15) is 47.0 Å². The quantitative estimate of drug-likeness (QED) is 0.576. The van der Waals surface area contributed by atoms with E-state index in [1.165, 1.54) is 11.1 Å². The lowest BCUT2D eigenvalue weighted by atomic mass is 9.78. The zero-order chi connectivity index (χ0) is 9.35. The van der Waals surface area contributed by atoms with Crippen molar-refractivity contribution in [3.8, 4) is 0 Å². The largest absolute Gasteiger partial charge is 0.299 e. The maximum absolute atomic E-state index is 11.4. The van der Waals surface area contributed by atoms with E-state index >= 15 is 0 Å². The molecule has 1 aliphatic carbocycles. The zero-order valence-electron chi connectivity index (χ0n) is 8.53. The number of carbonyl (C=O) groups is 1. The Morgan fingerprint density at radius 1 is 1.58 bits per heavy atom. The van der Waals surface area contributed by atoms with Crippen LogP contribution >= 0.6 is 0 Å². The van der Waals surface area contributed by atoms with E-state index in [0.717, 1.165) is 19.3 Å². The number of ketones is 1. The Hall–Kier alpha value is -0.590. The second-order valence-electron chi connectivity index (χ2n) is 4.00. The van der Waals surface area contributed by atoms with Crippen molar-refractivity contribution in [1.29, 1.82) is 0 Å². The number of hydrogen-bond acceptors (Lipinski definition) is 1. The first-order chi connectivity index (χ1) is 5.52. The van der Waals surface area contributed by atoms with Gasteiger partial charge >= 0.3 is 0 Å². The zero-order valence-corrected chi connectivity index (χ0v) is 8.53. The molecule has 0 spiro atoms. The van der Waals surface area contributed by atoms with Gasteiger partial charge in [-0.1, -0.05) is 18.1 Å². The fourth-order valence-corrected chi connectivity index (χ4v) is 2.29. The Morgan fingerprint density at radius 2 is 2.17 bits per heavy atom. The average Bonchev–Trinajstić information content (AvgIpc) is 2.29. The monoisotopic (exact) mass is 166 g/mol. The van der Waals surface area contributed by atoms with Crippen LogP contribution in [-0.4, -0.2) is 5.78 Å². The highest BCUT2D eigenvalue weighted by Crippen LogP contribution is 2.44. The summed E-state index contributed by atoms with van der Waals surface area (Å²) in [6.07, 6.45) is 3.17. The van der Waals surface area contributed by atoms with E-state index in [4.69, 9.17) is 0 Å². The molecule has 0 N–H and O–H groups in total. The predicted molar refractivity (Wildman–Crippen MR) is 51.0 cm³/mol. The first kappa shape index (κ1) is 9.50. The summed E-state index contributed by atoms with van der Waals surface area (Å²) < 4.78 is 0. The van der Waals surface area contributed by atoms with E-state index in [1.54, 1.807) is 6.92 Å². The van der Waals surface area contributed by atoms with Crippen LogP contribution < -0.4 is 0 Å². The third kappa shape index (κ3) is 1.21. The van der Waals surface area contributed by atoms with Crippen molar-refractivity contribution in [2.24, 2.45) is 5.41 Å². The molecule has 0 saturated carbocycles. The second-order valence-corrected chi connectivity index (χ2v) is 4.00. The van der Waals surface area contributed by atoms with Gasteiger partial charge in [-0.2, -0.15) is 0 Å². The Labute approximate surface area is 74.9 Å². The molecular weight excluding hydrogens is 148 g/mol. The molecule has 0 radical (unpaired) electrons. The van der Waals surface area contributed by atoms with Gasteiger partial charge in [0.2, 0.25) is 0 Å². The smallest absolute Gasteiger partial charge is 0.139 e. The summed E-state index contributed by atoms with van der Waals surface area (Å²) in [4.78, 5) is 11.4. The first-order valence-electron chi connectivity index (χ1n) is 4.72. The van der Waals surface area contributed by atoms with E-state index in [0.29, 0.717) is 5.78 Å². The summed E-state index contributed by atoms with van der Waals surface area (Å²) in [5.41, 5.74) is 2.70. The van der Waals surface area contributed by atoms with Gasteiger partial charge in [0.25, 0.3) is 0 Å². The van der Waals surface area contributed by atoms with Gasteiger partial charge in [0.1, 0.15) is 5.78 Å². The molecule has 0 amide bonds. The second kappa shape index (κ2) is 3.04. The minimum Gasteiger partial charge on any atom is -0.299 e. The normalized spacial score (nSPS) is 29.7. The van der Waals surface area contributed by atoms with Crippen LogP contribution in [0.25, 0.3) is 0 Å². The van der Waals surface area contributed by atoms with Gasteiger partial charge in [0.05, 0.1) is 0 Å². The number of carbonyl (C=O) groups excluding carboxylic acids is 1. The van der Waals surface area contributed by atoms with E-state index < -0.39 is 0 Å². The van der Waals surface area contributed by atoms with Gasteiger partial charge in [-0.3, -0.25) is 4.79 Å². The molecule has 12 heavy (non-hydrogen) atoms. The molecule has 0 aromatic carbocycles. The number of allylic oxidation sites excluding steroid dienone is 2. The minimum absolute atomic E-state index is 0.126. The molecule has 1 atom stereocenters. The highest BCUT2D eigenvalue weighted by molar-refractivity contribution is 5.86. The predicted octanol–water partition coefficient (Wildman–Crippen LogP) is 3.10. The van der Waals surface area contributed by atoms with E-state index in [-0.39, 0.29) is 5.41 Å². The fourth-order valence-electron chi connectivity index (χ4n) is 2.29. The van der Waals surface area contributed by atoms with Gasteiger partial charge in [-0.15, -0.1) is 0 Å². The minimum atomic E-state index is -0.126. The van der Waals surface area contributed by atoms with Crippen molar-refractivity contribution in [2.75, 3.05) is 0 Å². The Bertz CT molecular complexity index is 237. The molecule has 68 valence electrons. The van der Waals surface area contributed by atoms with Crippen LogP contribution in [-0.2, 0) is 4.79 Å². The lowest BCUT2D eigenvalue weighted by Crippen LogP contribution is -2.24. The summed E-state index contributed by atoms with van der Waals surface area (Å²) >= 11 is 0. The third-order valence-corrected chi connectivity index (χ3v) is 3.31. The highest BCUT2D eigenvalue weighted by Gasteiger charge is 2.37. The molecule has 1 aliphatic rings. The molecule has 1 unspecified atom stereocenters. The SMILES string of the molecule is CCC1=C(C)CCC1(C)C(C)=O. The van der Waals surface area contributed by atoms with Crippen molar-refractivity contribution in [3.63, 3.8) is 0 Å². The molecule has 0 aliphatic heterocycles. The van der Waals surface area contributed by atoms with Crippen LogP contribution in [0.2, 0.25) is 0 Å². The van der Waals surface area contributed by atoms with Crippen LogP contribution in [0.5, 0.6) is 0 Å². The van der Waals surface area contributed by atoms with Gasteiger partial charge in [-0.05, 0) is 40.0 Å². The van der Waals surface area contributed by atoms with Crippen molar-refractivity contribution < 1.29 is 4.79 Å². The molecule has 0 bridgehead atoms. The third-order valence-electron chi connectivity index (χ3n) is 3.31. The number of Topliss-reactive ketones (excluding diaryl/α,β-unsaturated/α-hetero) is 1. The number of rotatable bonds is 2. The van der Waals surface area contributed by atoms with Crippen LogP contribution in [0.3, 0.4) is 0 Å². The topological polar surface area (TPSA) is 17.1 Å². The Kier molecular flexibility index (Phi) is 2.41. The number of hydrogen-bond donors (Lipinski definition) is 0. The van der Waals surface area contributed by atoms with Crippen molar-refractivity contribution >= 4 is 5.78 Å². The average molecular weight is 166 g/mol. The van der Waals surface area contributed by atoms with Crippen LogP contribution in [0.4, 0.5) is 0 Å². The standard InChI is InChI=1S/C11H18O/c1-5-10-8(2)6-7-11(10,4)9(3)12/h5-7H2,1-4H3. The maximum atomic E-state index is 11.4. The molecule has 1 nitrogen and oxygen atoms in total. The fraction of sp³-hybridized carbons (Fsp3) is 0.727. The molecule has 0 fully saturated rings. The first-order valence-corrected chi connectivity index (χ1v) is 4.72. The maximum Gasteiger partial charge on any atom is 0.139 e. The molecule has 0 heterocycles. The van der Waals surface area contributed by atoms with Crippen molar-refractivity contribution in [3.05, 3.63) is 11.1 Å². The summed E-state index contributed by atoms with van der Waals surface area (Å²) in [7, 11) is 0. The van der Waals surface area contributed by atoms with Crippen LogP contribution in [0, 0.1) is 5.41 Å². The summed E-state index contributed by atoms with van der Waals surface area (Å²) in [6.45, 7) is 8.11. The molecule has 1 heteroatoms. The van der Waals surface area contributed by atoms with Crippen molar-refractivity contribution in [2.45, 2.75) is 47.0 Å². The summed E-state index contributed by atoms with van der Waals surface area (Å²) in [6, 6.07) is 0. The van der Waals surface area contributed by atoms with Gasteiger partial charge in [-0.25, -0.2) is 0 Å². The van der Waals surface area contributed by atoms with Gasteiger partial charge < -0.3 is 0 Å². The van der Waals surface area contributed by atoms with Gasteiger partial charge in [0.15, 0.2) is 0 Å². The summed E-state index contributed by atoms with van der Waals surface area (Å²) in [5, 5.41) is 0. The van der Waals surface area contributed by atoms with Gasteiger partial charge in [0, 0.05) is 5.41 Å². The molecule has 0 aromatic rings.